The normalized spacial score (nSPS) is 21.3. The van der Waals surface area contributed by atoms with E-state index < -0.39 is 17.5 Å². The van der Waals surface area contributed by atoms with Crippen molar-refractivity contribution in [3.8, 4) is 0 Å². The molecule has 0 aromatic heterocycles. The molecule has 1 unspecified atom stereocenters. The monoisotopic (exact) mass is 496 g/mol. The summed E-state index contributed by atoms with van der Waals surface area (Å²) in [7, 11) is 0. The van der Waals surface area contributed by atoms with Crippen LogP contribution in [0.1, 0.15) is 47.2 Å². The van der Waals surface area contributed by atoms with E-state index in [4.69, 9.17) is 16.3 Å². The predicted octanol–water partition coefficient (Wildman–Crippen LogP) is 2.93. The molecule has 9 nitrogen and oxygen atoms in total. The fraction of sp³-hybridized carbons (Fsp3) is 0.360. The molecule has 2 aromatic carbocycles. The average Bonchev–Trinajstić information content (AvgIpc) is 3.15. The van der Waals surface area contributed by atoms with Crippen molar-refractivity contribution in [2.24, 2.45) is 0 Å². The molecule has 35 heavy (non-hydrogen) atoms. The average molecular weight is 497 g/mol. The molecule has 2 aromatic rings. The maximum absolute atomic E-state index is 13.0. The second-order valence-electron chi connectivity index (χ2n) is 9.05. The summed E-state index contributed by atoms with van der Waals surface area (Å²) in [5.41, 5.74) is 2.12. The van der Waals surface area contributed by atoms with Crippen molar-refractivity contribution in [3.63, 3.8) is 0 Å². The molecule has 5 amide bonds. The third kappa shape index (κ3) is 4.61. The highest BCUT2D eigenvalue weighted by atomic mass is 35.5. The summed E-state index contributed by atoms with van der Waals surface area (Å²) >= 11 is 6.05. The van der Waals surface area contributed by atoms with E-state index in [0.717, 1.165) is 11.1 Å². The number of rotatable bonds is 4. The van der Waals surface area contributed by atoms with Crippen molar-refractivity contribution in [1.29, 1.82) is 0 Å². The number of hydrogen-bond acceptors (Lipinski definition) is 5. The van der Waals surface area contributed by atoms with Crippen molar-refractivity contribution in [3.05, 3.63) is 64.2 Å². The molecule has 0 aliphatic carbocycles. The van der Waals surface area contributed by atoms with E-state index in [9.17, 15) is 19.2 Å². The fourth-order valence-corrected chi connectivity index (χ4v) is 5.13. The Bertz CT molecular complexity index is 1190. The smallest absolute Gasteiger partial charge is 0.319 e. The highest BCUT2D eigenvalue weighted by Crippen LogP contribution is 2.33. The van der Waals surface area contributed by atoms with Gasteiger partial charge in [-0.05, 0) is 60.7 Å². The summed E-state index contributed by atoms with van der Waals surface area (Å²) in [5, 5.41) is 8.93. The number of ether oxygens (including phenoxy) is 1. The Morgan fingerprint density at radius 1 is 1.09 bits per heavy atom. The van der Waals surface area contributed by atoms with Crippen molar-refractivity contribution in [2.75, 3.05) is 18.5 Å². The van der Waals surface area contributed by atoms with Crippen molar-refractivity contribution in [1.82, 2.24) is 15.5 Å². The summed E-state index contributed by atoms with van der Waals surface area (Å²) in [5.74, 6) is -1.03. The zero-order valence-corrected chi connectivity index (χ0v) is 19.7. The highest BCUT2D eigenvalue weighted by Gasteiger charge is 2.39. The van der Waals surface area contributed by atoms with Crippen molar-refractivity contribution in [2.45, 2.75) is 43.8 Å². The number of amides is 5. The minimum atomic E-state index is -0.680. The van der Waals surface area contributed by atoms with Gasteiger partial charge in [-0.3, -0.25) is 19.7 Å². The second-order valence-corrected chi connectivity index (χ2v) is 9.49. The molecule has 1 atom stereocenters. The number of carbonyl (C=O) groups excluding carboxylic acids is 4. The number of nitrogens with zero attached hydrogens (tertiary/aromatic N) is 1. The molecule has 2 saturated heterocycles. The Morgan fingerprint density at radius 3 is 2.54 bits per heavy atom. The number of nitrogens with one attached hydrogen (secondary N) is 3. The molecule has 5 rings (SSSR count). The Morgan fingerprint density at radius 2 is 1.83 bits per heavy atom. The van der Waals surface area contributed by atoms with Gasteiger partial charge >= 0.3 is 6.03 Å². The zero-order valence-electron chi connectivity index (χ0n) is 18.9. The van der Waals surface area contributed by atoms with Crippen LogP contribution in [0.25, 0.3) is 0 Å². The largest absolute Gasteiger partial charge is 0.381 e. The van der Waals surface area contributed by atoms with Crippen LogP contribution in [0.2, 0.25) is 5.02 Å². The highest BCUT2D eigenvalue weighted by molar-refractivity contribution is 6.30. The van der Waals surface area contributed by atoms with E-state index in [-0.39, 0.29) is 30.8 Å². The number of piperidine rings is 1. The van der Waals surface area contributed by atoms with Gasteiger partial charge < -0.3 is 20.3 Å². The SMILES string of the molecule is O=C1CCC(N2Cc3cc(NC(=O)NC4(c5ccc(Cl)cc5)CCOCC4)ccc3C2=O)C(=O)N1. The van der Waals surface area contributed by atoms with Gasteiger partial charge in [-0.2, -0.15) is 0 Å². The molecule has 0 bridgehead atoms. The molecule has 3 aliphatic heterocycles. The van der Waals surface area contributed by atoms with Crippen LogP contribution in [0.5, 0.6) is 0 Å². The fourth-order valence-electron chi connectivity index (χ4n) is 5.01. The first-order valence-corrected chi connectivity index (χ1v) is 11.9. The number of fused-ring (bicyclic) bond motifs is 1. The van der Waals surface area contributed by atoms with Gasteiger partial charge in [0.25, 0.3) is 5.91 Å². The lowest BCUT2D eigenvalue weighted by Gasteiger charge is -2.38. The minimum Gasteiger partial charge on any atom is -0.381 e. The van der Waals surface area contributed by atoms with Crippen molar-refractivity contribution >= 4 is 41.0 Å². The van der Waals surface area contributed by atoms with E-state index in [1.165, 1.54) is 4.90 Å². The molecule has 3 N–H and O–H groups in total. The minimum absolute atomic E-state index is 0.198. The second kappa shape index (κ2) is 9.31. The molecule has 10 heteroatoms. The van der Waals surface area contributed by atoms with Gasteiger partial charge in [-0.1, -0.05) is 23.7 Å². The lowest BCUT2D eigenvalue weighted by atomic mass is 9.83. The topological polar surface area (TPSA) is 117 Å². The van der Waals surface area contributed by atoms with Gasteiger partial charge in [0, 0.05) is 42.5 Å². The van der Waals surface area contributed by atoms with E-state index in [2.05, 4.69) is 16.0 Å². The molecule has 3 heterocycles. The lowest BCUT2D eigenvalue weighted by Crippen LogP contribution is -2.52. The van der Waals surface area contributed by atoms with Crippen LogP contribution in [0.4, 0.5) is 10.5 Å². The summed E-state index contributed by atoms with van der Waals surface area (Å²) < 4.78 is 5.52. The number of halogens is 1. The summed E-state index contributed by atoms with van der Waals surface area (Å²) in [6.07, 6.45) is 1.75. The van der Waals surface area contributed by atoms with Crippen LogP contribution in [0, 0.1) is 0 Å². The third-order valence-corrected chi connectivity index (χ3v) is 7.13. The number of benzene rings is 2. The van der Waals surface area contributed by atoms with Crippen LogP contribution in [-0.2, 0) is 26.4 Å². The molecule has 2 fully saturated rings. The molecule has 0 saturated carbocycles. The van der Waals surface area contributed by atoms with Crippen LogP contribution in [0.3, 0.4) is 0 Å². The Kier molecular flexibility index (Phi) is 6.21. The number of hydrogen-bond donors (Lipinski definition) is 3. The molecule has 0 spiro atoms. The first-order valence-electron chi connectivity index (χ1n) is 11.6. The quantitative estimate of drug-likeness (QED) is 0.563. The van der Waals surface area contributed by atoms with Gasteiger partial charge in [-0.25, -0.2) is 4.79 Å². The standard InChI is InChI=1S/C25H25ClN4O5/c26-17-3-1-16(2-4-17)25(9-11-35-12-10-25)29-24(34)27-18-5-6-19-15(13-18)14-30(23(19)33)20-7-8-21(31)28-22(20)32/h1-6,13,20H,7-12,14H2,(H2,27,29,34)(H,28,31,32). The van der Waals surface area contributed by atoms with E-state index in [0.29, 0.717) is 48.7 Å². The van der Waals surface area contributed by atoms with Gasteiger partial charge in [0.1, 0.15) is 6.04 Å². The zero-order chi connectivity index (χ0) is 24.6. The molecular weight excluding hydrogens is 472 g/mol. The number of anilines is 1. The molecular formula is C25H25ClN4O5. The third-order valence-electron chi connectivity index (χ3n) is 6.88. The van der Waals surface area contributed by atoms with Gasteiger partial charge in [0.05, 0.1) is 5.54 Å². The molecule has 182 valence electrons. The van der Waals surface area contributed by atoms with E-state index in [1.807, 2.05) is 12.1 Å². The van der Waals surface area contributed by atoms with Gasteiger partial charge in [-0.15, -0.1) is 0 Å². The predicted molar refractivity (Wildman–Crippen MR) is 128 cm³/mol. The van der Waals surface area contributed by atoms with E-state index in [1.54, 1.807) is 30.3 Å². The lowest BCUT2D eigenvalue weighted by molar-refractivity contribution is -0.136. The van der Waals surface area contributed by atoms with Crippen LogP contribution < -0.4 is 16.0 Å². The van der Waals surface area contributed by atoms with Crippen LogP contribution >= 0.6 is 11.6 Å². The summed E-state index contributed by atoms with van der Waals surface area (Å²) in [6.45, 7) is 1.30. The maximum atomic E-state index is 13.0. The number of imide groups is 1. The molecule has 3 aliphatic rings. The van der Waals surface area contributed by atoms with Gasteiger partial charge in [0.2, 0.25) is 11.8 Å². The number of urea groups is 1. The first-order chi connectivity index (χ1) is 16.8. The Balaban J connectivity index is 1.30. The van der Waals surface area contributed by atoms with Gasteiger partial charge in [0.15, 0.2) is 0 Å². The Labute approximate surface area is 207 Å². The van der Waals surface area contributed by atoms with Crippen LogP contribution in [0.15, 0.2) is 42.5 Å². The summed E-state index contributed by atoms with van der Waals surface area (Å²) in [4.78, 5) is 51.1. The maximum Gasteiger partial charge on any atom is 0.319 e. The number of carbonyl (C=O) groups is 4. The first kappa shape index (κ1) is 23.3. The van der Waals surface area contributed by atoms with Crippen LogP contribution in [-0.4, -0.2) is 47.9 Å². The van der Waals surface area contributed by atoms with E-state index >= 15 is 0 Å². The molecule has 0 radical (unpaired) electrons. The van der Waals surface area contributed by atoms with Crippen molar-refractivity contribution < 1.29 is 23.9 Å². The Hall–Kier alpha value is -3.43. The summed E-state index contributed by atoms with van der Waals surface area (Å²) in [6, 6.07) is 11.5.